The summed E-state index contributed by atoms with van der Waals surface area (Å²) in [6.07, 6.45) is -3.32. The quantitative estimate of drug-likeness (QED) is 0.625. The molecule has 3 N–H and O–H groups in total. The van der Waals surface area contributed by atoms with Crippen molar-refractivity contribution in [1.29, 1.82) is 0 Å². The number of hydrogen-bond acceptors (Lipinski definition) is 6. The van der Waals surface area contributed by atoms with Crippen LogP contribution in [0.5, 0.6) is 0 Å². The number of hydrogen-bond donors (Lipinski definition) is 3. The van der Waals surface area contributed by atoms with Gasteiger partial charge in [0.15, 0.2) is 6.04 Å². The number of rotatable bonds is 6. The summed E-state index contributed by atoms with van der Waals surface area (Å²) in [4.78, 5) is 47.4. The average Bonchev–Trinajstić information content (AvgIpc) is 2.62. The fourth-order valence-electron chi connectivity index (χ4n) is 2.46. The molecule has 0 aromatic heterocycles. The number of carbonyl (C=O) groups excluding carboxylic acids is 2. The van der Waals surface area contributed by atoms with Crippen LogP contribution in [0.3, 0.4) is 0 Å². The highest BCUT2D eigenvalue weighted by Gasteiger charge is 2.39. The molecule has 0 spiro atoms. The molecule has 0 fully saturated rings. The third kappa shape index (κ3) is 5.93. The van der Waals surface area contributed by atoms with Gasteiger partial charge in [0.25, 0.3) is 0 Å². The molecule has 9 nitrogen and oxygen atoms in total. The summed E-state index contributed by atoms with van der Waals surface area (Å²) in [6, 6.07) is 9.69. The van der Waals surface area contributed by atoms with Crippen molar-refractivity contribution in [2.75, 3.05) is 0 Å². The summed E-state index contributed by atoms with van der Waals surface area (Å²) < 4.78 is 9.85. The smallest absolute Gasteiger partial charge is 0.408 e. The van der Waals surface area contributed by atoms with Gasteiger partial charge in [-0.1, -0.05) is 30.3 Å². The van der Waals surface area contributed by atoms with E-state index in [1.165, 1.54) is 12.1 Å². The standard InChI is InChI=1S/C20H21NO8/c1-20(2,3)29-19(27)21-14(16(22)23)15(17(24)25)28-18(26)13-9-8-11-6-4-5-7-12(11)10-13/h4-10,14-15H,1-3H3,(H,21,27)(H,22,23)(H,24,25)/t14-,15-/m0/s1. The number of aliphatic carboxylic acids is 2. The van der Waals surface area contributed by atoms with Gasteiger partial charge in [0.05, 0.1) is 5.56 Å². The molecule has 2 rings (SSSR count). The first-order chi connectivity index (χ1) is 13.5. The molecule has 154 valence electrons. The molecule has 0 bridgehead atoms. The van der Waals surface area contributed by atoms with E-state index in [9.17, 15) is 29.4 Å². The third-order valence-corrected chi connectivity index (χ3v) is 3.70. The molecule has 0 aliphatic carbocycles. The molecule has 0 unspecified atom stereocenters. The van der Waals surface area contributed by atoms with E-state index in [2.05, 4.69) is 0 Å². The van der Waals surface area contributed by atoms with Gasteiger partial charge in [-0.2, -0.15) is 0 Å². The number of carboxylic acid groups (broad SMARTS) is 2. The van der Waals surface area contributed by atoms with Crippen LogP contribution in [0.25, 0.3) is 10.8 Å². The maximum absolute atomic E-state index is 12.4. The van der Waals surface area contributed by atoms with E-state index in [-0.39, 0.29) is 5.56 Å². The maximum atomic E-state index is 12.4. The highest BCUT2D eigenvalue weighted by Crippen LogP contribution is 2.17. The monoisotopic (exact) mass is 403 g/mol. The fourth-order valence-corrected chi connectivity index (χ4v) is 2.46. The van der Waals surface area contributed by atoms with Crippen LogP contribution >= 0.6 is 0 Å². The van der Waals surface area contributed by atoms with Crippen molar-refractivity contribution >= 4 is 34.8 Å². The maximum Gasteiger partial charge on any atom is 0.408 e. The van der Waals surface area contributed by atoms with E-state index >= 15 is 0 Å². The number of amides is 1. The van der Waals surface area contributed by atoms with Crippen molar-refractivity contribution in [2.45, 2.75) is 38.5 Å². The summed E-state index contributed by atoms with van der Waals surface area (Å²) in [5, 5.41) is 22.2. The minimum absolute atomic E-state index is 0.0383. The Kier molecular flexibility index (Phi) is 6.42. The van der Waals surface area contributed by atoms with Crippen molar-refractivity contribution in [2.24, 2.45) is 0 Å². The molecule has 9 heteroatoms. The summed E-state index contributed by atoms with van der Waals surface area (Å²) in [5.41, 5.74) is -0.899. The number of alkyl carbamates (subject to hydrolysis) is 1. The first kappa shape index (κ1) is 21.7. The van der Waals surface area contributed by atoms with Gasteiger partial charge in [-0.3, -0.25) is 0 Å². The van der Waals surface area contributed by atoms with Crippen LogP contribution in [-0.4, -0.2) is 52.0 Å². The lowest BCUT2D eigenvalue weighted by molar-refractivity contribution is -0.156. The number of carboxylic acids is 2. The molecule has 2 atom stereocenters. The van der Waals surface area contributed by atoms with Gasteiger partial charge in [-0.15, -0.1) is 0 Å². The van der Waals surface area contributed by atoms with Gasteiger partial charge in [0.1, 0.15) is 5.60 Å². The summed E-state index contributed by atoms with van der Waals surface area (Å²) in [5.74, 6) is -4.47. The van der Waals surface area contributed by atoms with Crippen molar-refractivity contribution in [1.82, 2.24) is 5.32 Å². The Labute approximate surface area is 166 Å². The summed E-state index contributed by atoms with van der Waals surface area (Å²) in [6.45, 7) is 4.66. The molecular formula is C20H21NO8. The summed E-state index contributed by atoms with van der Waals surface area (Å²) >= 11 is 0. The largest absolute Gasteiger partial charge is 0.480 e. The highest BCUT2D eigenvalue weighted by atomic mass is 16.6. The van der Waals surface area contributed by atoms with E-state index in [0.29, 0.717) is 0 Å². The van der Waals surface area contributed by atoms with E-state index < -0.39 is 41.7 Å². The van der Waals surface area contributed by atoms with E-state index in [1.54, 1.807) is 39.0 Å². The first-order valence-corrected chi connectivity index (χ1v) is 8.63. The average molecular weight is 403 g/mol. The van der Waals surface area contributed by atoms with Crippen LogP contribution < -0.4 is 5.32 Å². The second-order valence-electron chi connectivity index (χ2n) is 7.19. The molecule has 0 aliphatic heterocycles. The number of ether oxygens (including phenoxy) is 2. The number of nitrogens with one attached hydrogen (secondary N) is 1. The normalized spacial score (nSPS) is 13.2. The zero-order valence-electron chi connectivity index (χ0n) is 16.0. The van der Waals surface area contributed by atoms with Crippen molar-refractivity contribution < 1.29 is 38.9 Å². The van der Waals surface area contributed by atoms with Gasteiger partial charge in [0, 0.05) is 0 Å². The van der Waals surface area contributed by atoms with Gasteiger partial charge < -0.3 is 25.0 Å². The topological polar surface area (TPSA) is 139 Å². The molecule has 0 saturated heterocycles. The lowest BCUT2D eigenvalue weighted by atomic mass is 10.1. The molecule has 1 amide bonds. The van der Waals surface area contributed by atoms with Gasteiger partial charge in [-0.25, -0.2) is 19.2 Å². The highest BCUT2D eigenvalue weighted by molar-refractivity contribution is 5.97. The lowest BCUT2D eigenvalue weighted by Gasteiger charge is -2.24. The van der Waals surface area contributed by atoms with Crippen LogP contribution in [-0.2, 0) is 19.1 Å². The molecule has 0 radical (unpaired) electrons. The summed E-state index contributed by atoms with van der Waals surface area (Å²) in [7, 11) is 0. The van der Waals surface area contributed by atoms with Crippen LogP contribution in [0.4, 0.5) is 4.79 Å². The Morgan fingerprint density at radius 1 is 0.931 bits per heavy atom. The zero-order valence-corrected chi connectivity index (χ0v) is 16.0. The third-order valence-electron chi connectivity index (χ3n) is 3.70. The first-order valence-electron chi connectivity index (χ1n) is 8.63. The predicted molar refractivity (Wildman–Crippen MR) is 102 cm³/mol. The fraction of sp³-hybridized carbons (Fsp3) is 0.300. The Morgan fingerprint density at radius 2 is 1.55 bits per heavy atom. The SMILES string of the molecule is CC(C)(C)OC(=O)N[C@H](C(=O)O)[C@H](OC(=O)c1ccc2ccccc2c1)C(=O)O. The second-order valence-corrected chi connectivity index (χ2v) is 7.19. The molecule has 2 aromatic carbocycles. The Balaban J connectivity index is 2.23. The number of benzene rings is 2. The molecule has 0 saturated carbocycles. The Morgan fingerprint density at radius 3 is 2.10 bits per heavy atom. The predicted octanol–water partition coefficient (Wildman–Crippen LogP) is 2.43. The molecular weight excluding hydrogens is 382 g/mol. The molecule has 2 aromatic rings. The van der Waals surface area contributed by atoms with Crippen molar-refractivity contribution in [3.8, 4) is 0 Å². The van der Waals surface area contributed by atoms with E-state index in [1.807, 2.05) is 17.4 Å². The zero-order chi connectivity index (χ0) is 21.8. The lowest BCUT2D eigenvalue weighted by Crippen LogP contribution is -2.54. The Hall–Kier alpha value is -3.62. The van der Waals surface area contributed by atoms with E-state index in [4.69, 9.17) is 9.47 Å². The Bertz CT molecular complexity index is 947. The second kappa shape index (κ2) is 8.59. The van der Waals surface area contributed by atoms with Crippen molar-refractivity contribution in [3.63, 3.8) is 0 Å². The van der Waals surface area contributed by atoms with Crippen LogP contribution in [0, 0.1) is 0 Å². The van der Waals surface area contributed by atoms with Gasteiger partial charge in [0.2, 0.25) is 6.10 Å². The minimum Gasteiger partial charge on any atom is -0.480 e. The number of carbonyl (C=O) groups is 4. The number of esters is 1. The van der Waals surface area contributed by atoms with Crippen LogP contribution in [0.1, 0.15) is 31.1 Å². The van der Waals surface area contributed by atoms with Gasteiger partial charge >= 0.3 is 24.0 Å². The van der Waals surface area contributed by atoms with E-state index in [0.717, 1.165) is 10.8 Å². The number of fused-ring (bicyclic) bond motifs is 1. The van der Waals surface area contributed by atoms with Crippen LogP contribution in [0.2, 0.25) is 0 Å². The molecule has 29 heavy (non-hydrogen) atoms. The minimum atomic E-state index is -2.17. The van der Waals surface area contributed by atoms with Crippen molar-refractivity contribution in [3.05, 3.63) is 48.0 Å². The molecule has 0 heterocycles. The molecule has 0 aliphatic rings. The van der Waals surface area contributed by atoms with Crippen LogP contribution in [0.15, 0.2) is 42.5 Å². The van der Waals surface area contributed by atoms with Gasteiger partial charge in [-0.05, 0) is 43.7 Å².